The van der Waals surface area contributed by atoms with E-state index in [4.69, 9.17) is 5.26 Å². The Morgan fingerprint density at radius 2 is 2.15 bits per heavy atom. The van der Waals surface area contributed by atoms with Gasteiger partial charge in [0, 0.05) is 24.8 Å². The molecule has 0 saturated carbocycles. The van der Waals surface area contributed by atoms with Crippen molar-refractivity contribution >= 4 is 11.7 Å². The molecule has 1 fully saturated rings. The van der Waals surface area contributed by atoms with Gasteiger partial charge in [-0.15, -0.1) is 0 Å². The van der Waals surface area contributed by atoms with E-state index in [-0.39, 0.29) is 18.5 Å². The van der Waals surface area contributed by atoms with Gasteiger partial charge in [0.25, 0.3) is 0 Å². The minimum Gasteiger partial charge on any atom is -0.368 e. The summed E-state index contributed by atoms with van der Waals surface area (Å²) >= 11 is 0. The standard InChI is InChI=1S/C17H22F3N5O/c1-16(2,24-10-15(26)25-7-3-4-13(25)8-21)11-23-14-6-5-12(9-22-14)17(18,19)20/h5-6,9,13,24H,3-4,7,10-11H2,1-2H3,(H,22,23)/t13-/m0/s1. The number of rotatable bonds is 6. The van der Waals surface area contributed by atoms with Crippen LogP contribution in [0.1, 0.15) is 32.3 Å². The molecule has 6 nitrogen and oxygen atoms in total. The van der Waals surface area contributed by atoms with Gasteiger partial charge in [0.05, 0.1) is 18.2 Å². The van der Waals surface area contributed by atoms with Crippen molar-refractivity contribution in [2.24, 2.45) is 0 Å². The third-order valence-corrected chi connectivity index (χ3v) is 4.24. The number of aromatic nitrogens is 1. The quantitative estimate of drug-likeness (QED) is 0.805. The Morgan fingerprint density at radius 1 is 1.42 bits per heavy atom. The lowest BCUT2D eigenvalue weighted by atomic mass is 10.1. The highest BCUT2D eigenvalue weighted by Crippen LogP contribution is 2.28. The minimum absolute atomic E-state index is 0.0906. The summed E-state index contributed by atoms with van der Waals surface area (Å²) < 4.78 is 37.6. The normalized spacial score (nSPS) is 17.8. The highest BCUT2D eigenvalue weighted by molar-refractivity contribution is 5.79. The van der Waals surface area contributed by atoms with E-state index in [2.05, 4.69) is 21.7 Å². The molecule has 0 aromatic carbocycles. The first kappa shape index (κ1) is 20.0. The lowest BCUT2D eigenvalue weighted by Crippen LogP contribution is -2.50. The second kappa shape index (κ2) is 7.91. The van der Waals surface area contributed by atoms with Crippen molar-refractivity contribution in [1.29, 1.82) is 5.26 Å². The number of nitrogens with zero attached hydrogens (tertiary/aromatic N) is 3. The van der Waals surface area contributed by atoms with Gasteiger partial charge < -0.3 is 15.5 Å². The number of halogens is 3. The molecule has 1 aliphatic heterocycles. The average molecular weight is 369 g/mol. The monoisotopic (exact) mass is 369 g/mol. The first-order valence-corrected chi connectivity index (χ1v) is 8.34. The van der Waals surface area contributed by atoms with Crippen LogP contribution in [0.2, 0.25) is 0 Å². The number of nitrogens with one attached hydrogen (secondary N) is 2. The van der Waals surface area contributed by atoms with Crippen LogP contribution in [0, 0.1) is 11.3 Å². The Hall–Kier alpha value is -2.34. The van der Waals surface area contributed by atoms with Crippen LogP contribution in [-0.2, 0) is 11.0 Å². The van der Waals surface area contributed by atoms with Gasteiger partial charge in [-0.1, -0.05) is 0 Å². The molecule has 1 aromatic heterocycles. The van der Waals surface area contributed by atoms with Crippen LogP contribution in [0.15, 0.2) is 18.3 Å². The molecule has 1 atom stereocenters. The molecule has 9 heteroatoms. The van der Waals surface area contributed by atoms with E-state index in [0.717, 1.165) is 18.7 Å². The molecule has 0 bridgehead atoms. The van der Waals surface area contributed by atoms with Crippen molar-refractivity contribution in [3.8, 4) is 6.07 Å². The summed E-state index contributed by atoms with van der Waals surface area (Å²) in [5.41, 5.74) is -1.30. The van der Waals surface area contributed by atoms with Gasteiger partial charge in [0.1, 0.15) is 11.9 Å². The SMILES string of the molecule is CC(C)(CNc1ccc(C(F)(F)F)cn1)NCC(=O)N1CCC[C@H]1C#N. The molecule has 142 valence electrons. The second-order valence-electron chi connectivity index (χ2n) is 6.90. The van der Waals surface area contributed by atoms with Crippen molar-refractivity contribution < 1.29 is 18.0 Å². The van der Waals surface area contributed by atoms with Gasteiger partial charge in [0.2, 0.25) is 5.91 Å². The summed E-state index contributed by atoms with van der Waals surface area (Å²) in [4.78, 5) is 17.6. The molecule has 2 heterocycles. The molecule has 1 aliphatic rings. The third-order valence-electron chi connectivity index (χ3n) is 4.24. The number of likely N-dealkylation sites (tertiary alicyclic amines) is 1. The third kappa shape index (κ3) is 5.33. The number of nitriles is 1. The van der Waals surface area contributed by atoms with Crippen LogP contribution in [0.5, 0.6) is 0 Å². The van der Waals surface area contributed by atoms with Gasteiger partial charge in [-0.2, -0.15) is 18.4 Å². The van der Waals surface area contributed by atoms with Crippen LogP contribution < -0.4 is 10.6 Å². The van der Waals surface area contributed by atoms with E-state index in [9.17, 15) is 18.0 Å². The average Bonchev–Trinajstić information content (AvgIpc) is 3.06. The van der Waals surface area contributed by atoms with Gasteiger partial charge in [-0.3, -0.25) is 4.79 Å². The number of carbonyl (C=O) groups is 1. The number of alkyl halides is 3. The molecule has 0 aliphatic carbocycles. The predicted octanol–water partition coefficient (Wildman–Crippen LogP) is 2.40. The fourth-order valence-corrected chi connectivity index (χ4v) is 2.66. The summed E-state index contributed by atoms with van der Waals surface area (Å²) in [7, 11) is 0. The van der Waals surface area contributed by atoms with E-state index in [1.54, 1.807) is 4.90 Å². The minimum atomic E-state index is -4.41. The molecule has 1 amide bonds. The van der Waals surface area contributed by atoms with Crippen molar-refractivity contribution in [2.45, 2.75) is 44.4 Å². The van der Waals surface area contributed by atoms with Gasteiger partial charge in [-0.05, 0) is 38.8 Å². The number of hydrogen-bond acceptors (Lipinski definition) is 5. The lowest BCUT2D eigenvalue weighted by Gasteiger charge is -2.28. The number of hydrogen-bond donors (Lipinski definition) is 2. The maximum Gasteiger partial charge on any atom is 0.417 e. The number of anilines is 1. The summed E-state index contributed by atoms with van der Waals surface area (Å²) in [5.74, 6) is 0.193. The van der Waals surface area contributed by atoms with Gasteiger partial charge in [0.15, 0.2) is 0 Å². The molecule has 0 spiro atoms. The maximum atomic E-state index is 12.5. The number of amides is 1. The smallest absolute Gasteiger partial charge is 0.368 e. The zero-order valence-corrected chi connectivity index (χ0v) is 14.7. The Morgan fingerprint density at radius 3 is 2.73 bits per heavy atom. The second-order valence-corrected chi connectivity index (χ2v) is 6.90. The molecule has 26 heavy (non-hydrogen) atoms. The van der Waals surface area contributed by atoms with E-state index >= 15 is 0 Å². The molecule has 2 N–H and O–H groups in total. The number of carbonyl (C=O) groups excluding carboxylic acids is 1. The van der Waals surface area contributed by atoms with Crippen molar-refractivity contribution in [3.05, 3.63) is 23.9 Å². The molecule has 2 rings (SSSR count). The highest BCUT2D eigenvalue weighted by Gasteiger charge is 2.31. The van der Waals surface area contributed by atoms with Crippen LogP contribution in [0.25, 0.3) is 0 Å². The topological polar surface area (TPSA) is 81.1 Å². The summed E-state index contributed by atoms with van der Waals surface area (Å²) in [6, 6.07) is 4.01. The molecular formula is C17H22F3N5O. The predicted molar refractivity (Wildman–Crippen MR) is 90.2 cm³/mol. The van der Waals surface area contributed by atoms with Crippen LogP contribution in [0.4, 0.5) is 19.0 Å². The van der Waals surface area contributed by atoms with Crippen molar-refractivity contribution in [3.63, 3.8) is 0 Å². The molecule has 1 saturated heterocycles. The zero-order chi connectivity index (χ0) is 19.4. The maximum absolute atomic E-state index is 12.5. The highest BCUT2D eigenvalue weighted by atomic mass is 19.4. The Balaban J connectivity index is 1.83. The number of pyridine rings is 1. The fraction of sp³-hybridized carbons (Fsp3) is 0.588. The van der Waals surface area contributed by atoms with Crippen LogP contribution in [0.3, 0.4) is 0 Å². The van der Waals surface area contributed by atoms with Gasteiger partial charge >= 0.3 is 6.18 Å². The lowest BCUT2D eigenvalue weighted by molar-refractivity contribution is -0.137. The molecule has 1 aromatic rings. The Kier molecular flexibility index (Phi) is 6.08. The van der Waals surface area contributed by atoms with E-state index in [1.165, 1.54) is 6.07 Å². The summed E-state index contributed by atoms with van der Waals surface area (Å²) in [6.07, 6.45) is -2.10. The van der Waals surface area contributed by atoms with E-state index in [1.807, 2.05) is 13.8 Å². The van der Waals surface area contributed by atoms with Crippen molar-refractivity contribution in [1.82, 2.24) is 15.2 Å². The van der Waals surface area contributed by atoms with Crippen LogP contribution in [-0.4, -0.2) is 47.0 Å². The van der Waals surface area contributed by atoms with Crippen LogP contribution >= 0.6 is 0 Å². The Bertz CT molecular complexity index is 666. The molecule has 0 unspecified atom stereocenters. The first-order chi connectivity index (χ1) is 12.1. The summed E-state index contributed by atoms with van der Waals surface area (Å²) in [5, 5.41) is 15.1. The van der Waals surface area contributed by atoms with E-state index in [0.29, 0.717) is 25.3 Å². The Labute approximate surface area is 150 Å². The zero-order valence-electron chi connectivity index (χ0n) is 14.7. The van der Waals surface area contributed by atoms with Gasteiger partial charge in [-0.25, -0.2) is 4.98 Å². The van der Waals surface area contributed by atoms with Crippen molar-refractivity contribution in [2.75, 3.05) is 25.0 Å². The molecule has 0 radical (unpaired) electrons. The summed E-state index contributed by atoms with van der Waals surface area (Å²) in [6.45, 7) is 4.77. The first-order valence-electron chi connectivity index (χ1n) is 8.34. The fourth-order valence-electron chi connectivity index (χ4n) is 2.66. The largest absolute Gasteiger partial charge is 0.417 e. The molecular weight excluding hydrogens is 347 g/mol. The van der Waals surface area contributed by atoms with E-state index < -0.39 is 17.3 Å².